The Morgan fingerprint density at radius 1 is 0.462 bits per heavy atom. The van der Waals surface area contributed by atoms with Crippen LogP contribution >= 0.6 is 7.82 Å². The Bertz CT molecular complexity index is 1030. The molecule has 65 heavy (non-hydrogen) atoms. The van der Waals surface area contributed by atoms with E-state index in [0.29, 0.717) is 23.9 Å². The van der Waals surface area contributed by atoms with E-state index in [2.05, 4.69) is 19.2 Å². The SMILES string of the molecule is CCCCCCCCCCCCCCCCCCCCCCCCCCCC(=O)NC(COP(=O)(O)OCC[N+](C)(C)C)C(O)CCCCCCCCCCCCCCCCCCCC. The molecule has 0 heterocycles. The van der Waals surface area contributed by atoms with Gasteiger partial charge in [0, 0.05) is 6.42 Å². The van der Waals surface area contributed by atoms with Crippen LogP contribution in [0.1, 0.15) is 303 Å². The minimum Gasteiger partial charge on any atom is -0.391 e. The van der Waals surface area contributed by atoms with Crippen LogP contribution in [0.4, 0.5) is 0 Å². The average molecular weight is 945 g/mol. The lowest BCUT2D eigenvalue weighted by molar-refractivity contribution is -0.870. The summed E-state index contributed by atoms with van der Waals surface area (Å²) in [6.07, 6.45) is 57.3. The molecule has 0 fully saturated rings. The number of carbonyl (C=O) groups is 1. The maximum Gasteiger partial charge on any atom is 0.472 e. The minimum absolute atomic E-state index is 0.0791. The number of rotatable bonds is 54. The number of aliphatic hydroxyl groups excluding tert-OH is 1. The van der Waals surface area contributed by atoms with Gasteiger partial charge in [-0.3, -0.25) is 13.8 Å². The monoisotopic (exact) mass is 944 g/mol. The van der Waals surface area contributed by atoms with Crippen LogP contribution < -0.4 is 5.32 Å². The fraction of sp³-hybridized carbons (Fsp3) is 0.982. The Kier molecular flexibility index (Phi) is 48.1. The molecule has 0 saturated carbocycles. The normalized spacial score (nSPS) is 13.9. The third kappa shape index (κ3) is 51.2. The first-order valence-corrected chi connectivity index (χ1v) is 30.4. The molecule has 8 nitrogen and oxygen atoms in total. The molecule has 0 aliphatic heterocycles. The van der Waals surface area contributed by atoms with Crippen LogP contribution in [0.3, 0.4) is 0 Å². The van der Waals surface area contributed by atoms with Crippen LogP contribution in [0.15, 0.2) is 0 Å². The van der Waals surface area contributed by atoms with E-state index in [0.717, 1.165) is 38.5 Å². The highest BCUT2D eigenvalue weighted by Crippen LogP contribution is 2.43. The molecule has 0 radical (unpaired) electrons. The van der Waals surface area contributed by atoms with Crippen LogP contribution in [-0.4, -0.2) is 73.4 Å². The zero-order valence-electron chi connectivity index (χ0n) is 44.5. The van der Waals surface area contributed by atoms with E-state index in [1.54, 1.807) is 0 Å². The van der Waals surface area contributed by atoms with Gasteiger partial charge in [0.05, 0.1) is 39.9 Å². The number of likely N-dealkylation sites (N-methyl/N-ethyl adjacent to an activating group) is 1. The van der Waals surface area contributed by atoms with Crippen LogP contribution in [-0.2, 0) is 18.4 Å². The van der Waals surface area contributed by atoms with E-state index in [9.17, 15) is 19.4 Å². The standard InChI is InChI=1S/C56H115N2O6P/c1-6-8-10-12-14-16-18-20-22-24-26-27-28-29-30-31-32-34-36-38-40-42-44-46-48-50-56(60)57-54(53-64-65(61,62)63-52-51-58(3,4)5)55(59)49-47-45-43-41-39-37-35-33-25-23-21-19-17-15-13-11-9-7-2/h54-55,59H,6-53H2,1-5H3,(H-,57,60,61,62)/p+1. The Labute approximate surface area is 406 Å². The van der Waals surface area contributed by atoms with E-state index in [1.165, 1.54) is 238 Å². The summed E-state index contributed by atoms with van der Waals surface area (Å²) >= 11 is 0. The molecule has 0 aromatic rings. The molecule has 3 N–H and O–H groups in total. The van der Waals surface area contributed by atoms with Crippen LogP contribution in [0, 0.1) is 0 Å². The lowest BCUT2D eigenvalue weighted by atomic mass is 10.0. The molecule has 0 aliphatic rings. The van der Waals surface area contributed by atoms with E-state index in [4.69, 9.17) is 9.05 Å². The van der Waals surface area contributed by atoms with Crippen LogP contribution in [0.2, 0.25) is 0 Å². The Morgan fingerprint density at radius 2 is 0.738 bits per heavy atom. The summed E-state index contributed by atoms with van der Waals surface area (Å²) in [7, 11) is 1.64. The number of nitrogens with zero attached hydrogens (tertiary/aromatic N) is 1. The second kappa shape index (κ2) is 48.5. The van der Waals surface area contributed by atoms with Gasteiger partial charge in [0.2, 0.25) is 5.91 Å². The van der Waals surface area contributed by atoms with E-state index >= 15 is 0 Å². The van der Waals surface area contributed by atoms with Crippen LogP contribution in [0.25, 0.3) is 0 Å². The molecule has 0 aromatic heterocycles. The van der Waals surface area contributed by atoms with Crippen molar-refractivity contribution in [1.29, 1.82) is 0 Å². The van der Waals surface area contributed by atoms with Crippen molar-refractivity contribution >= 4 is 13.7 Å². The van der Waals surface area contributed by atoms with Gasteiger partial charge in [-0.1, -0.05) is 284 Å². The molecule has 3 atom stereocenters. The van der Waals surface area contributed by atoms with Gasteiger partial charge in [0.25, 0.3) is 0 Å². The molecular weight excluding hydrogens is 828 g/mol. The molecular formula is C56H116N2O6P+. The summed E-state index contributed by atoms with van der Waals surface area (Å²) in [5, 5.41) is 14.1. The molecule has 0 aliphatic carbocycles. The largest absolute Gasteiger partial charge is 0.472 e. The quantitative estimate of drug-likeness (QED) is 0.0319. The second-order valence-electron chi connectivity index (χ2n) is 21.4. The van der Waals surface area contributed by atoms with Crippen molar-refractivity contribution < 1.29 is 32.9 Å². The van der Waals surface area contributed by atoms with Gasteiger partial charge in [0.1, 0.15) is 13.2 Å². The van der Waals surface area contributed by atoms with Crippen molar-refractivity contribution in [2.75, 3.05) is 40.9 Å². The van der Waals surface area contributed by atoms with E-state index in [1.807, 2.05) is 21.1 Å². The topological polar surface area (TPSA) is 105 Å². The summed E-state index contributed by atoms with van der Waals surface area (Å²) < 4.78 is 23.8. The Morgan fingerprint density at radius 3 is 1.03 bits per heavy atom. The average Bonchev–Trinajstić information content (AvgIpc) is 3.26. The predicted molar refractivity (Wildman–Crippen MR) is 282 cm³/mol. The number of phosphoric acid groups is 1. The highest BCUT2D eigenvalue weighted by atomic mass is 31.2. The lowest BCUT2D eigenvalue weighted by Crippen LogP contribution is -2.46. The smallest absolute Gasteiger partial charge is 0.391 e. The third-order valence-electron chi connectivity index (χ3n) is 13.6. The van der Waals surface area contributed by atoms with Gasteiger partial charge in [-0.2, -0.15) is 0 Å². The Hall–Kier alpha value is -0.500. The number of aliphatic hydroxyl groups is 1. The zero-order valence-corrected chi connectivity index (χ0v) is 45.4. The number of hydrogen-bond donors (Lipinski definition) is 3. The highest BCUT2D eigenvalue weighted by Gasteiger charge is 2.28. The predicted octanol–water partition coefficient (Wildman–Crippen LogP) is 17.3. The first kappa shape index (κ1) is 64.5. The summed E-state index contributed by atoms with van der Waals surface area (Å²) in [6, 6.07) is -0.755. The van der Waals surface area contributed by atoms with Gasteiger partial charge in [-0.25, -0.2) is 4.57 Å². The molecule has 0 bridgehead atoms. The van der Waals surface area contributed by atoms with Gasteiger partial charge in [-0.15, -0.1) is 0 Å². The third-order valence-corrected chi connectivity index (χ3v) is 14.6. The Balaban J connectivity index is 4.10. The van der Waals surface area contributed by atoms with Crippen LogP contribution in [0.5, 0.6) is 0 Å². The molecule has 0 rings (SSSR count). The molecule has 3 unspecified atom stereocenters. The maximum atomic E-state index is 13.0. The minimum atomic E-state index is -4.32. The molecule has 0 aromatic carbocycles. The maximum absolute atomic E-state index is 13.0. The fourth-order valence-corrected chi connectivity index (χ4v) is 9.79. The van der Waals surface area contributed by atoms with Gasteiger partial charge < -0.3 is 19.8 Å². The molecule has 9 heteroatoms. The van der Waals surface area contributed by atoms with Gasteiger partial charge in [0.15, 0.2) is 0 Å². The number of amides is 1. The number of carbonyl (C=O) groups excluding carboxylic acids is 1. The number of hydrogen-bond acceptors (Lipinski definition) is 5. The van der Waals surface area contributed by atoms with E-state index < -0.39 is 20.0 Å². The summed E-state index contributed by atoms with van der Waals surface area (Å²) in [5.41, 5.74) is 0. The highest BCUT2D eigenvalue weighted by molar-refractivity contribution is 7.47. The zero-order chi connectivity index (χ0) is 47.8. The first-order chi connectivity index (χ1) is 31.5. The number of nitrogens with one attached hydrogen (secondary N) is 1. The molecule has 1 amide bonds. The number of unbranched alkanes of at least 4 members (excludes halogenated alkanes) is 41. The van der Waals surface area contributed by atoms with Crippen molar-refractivity contribution in [3.8, 4) is 0 Å². The van der Waals surface area contributed by atoms with Crippen molar-refractivity contribution in [2.24, 2.45) is 0 Å². The van der Waals surface area contributed by atoms with Crippen molar-refractivity contribution in [1.82, 2.24) is 5.32 Å². The van der Waals surface area contributed by atoms with Gasteiger partial charge in [-0.05, 0) is 12.8 Å². The van der Waals surface area contributed by atoms with Crippen molar-refractivity contribution in [3.05, 3.63) is 0 Å². The summed E-state index contributed by atoms with van der Waals surface area (Å²) in [5.74, 6) is -0.136. The lowest BCUT2D eigenvalue weighted by Gasteiger charge is -2.26. The number of quaternary nitrogens is 1. The first-order valence-electron chi connectivity index (χ1n) is 28.9. The molecule has 0 saturated heterocycles. The fourth-order valence-electron chi connectivity index (χ4n) is 9.05. The van der Waals surface area contributed by atoms with Gasteiger partial charge >= 0.3 is 7.82 Å². The second-order valence-corrected chi connectivity index (χ2v) is 22.8. The van der Waals surface area contributed by atoms with Crippen molar-refractivity contribution in [2.45, 2.75) is 315 Å². The summed E-state index contributed by atoms with van der Waals surface area (Å²) in [4.78, 5) is 23.3. The molecule has 390 valence electrons. The molecule has 0 spiro atoms. The van der Waals surface area contributed by atoms with E-state index in [-0.39, 0.29) is 19.1 Å². The van der Waals surface area contributed by atoms with Crippen molar-refractivity contribution in [3.63, 3.8) is 0 Å². The summed E-state index contributed by atoms with van der Waals surface area (Å²) in [6.45, 7) is 4.95. The number of phosphoric ester groups is 1.